The first kappa shape index (κ1) is 13.1. The molecule has 0 radical (unpaired) electrons. The van der Waals surface area contributed by atoms with Crippen LogP contribution in [-0.4, -0.2) is 41.2 Å². The highest BCUT2D eigenvalue weighted by Gasteiger charge is 2.39. The molecule has 17 heavy (non-hydrogen) atoms. The Kier molecular flexibility index (Phi) is 3.62. The van der Waals surface area contributed by atoms with Gasteiger partial charge in [0.05, 0.1) is 0 Å². The Morgan fingerprint density at radius 1 is 1.24 bits per heavy atom. The minimum atomic E-state index is -0.380. The molecule has 2 rings (SSSR count). The van der Waals surface area contributed by atoms with Crippen molar-refractivity contribution in [1.29, 1.82) is 0 Å². The maximum absolute atomic E-state index is 11.9. The lowest BCUT2D eigenvalue weighted by molar-refractivity contribution is 0.0126. The van der Waals surface area contributed by atoms with Gasteiger partial charge in [0.1, 0.15) is 5.60 Å². The SMILES string of the molecule is CC(C)(C)OC(=O)N1CCC2(CCSC2)CC1. The van der Waals surface area contributed by atoms with E-state index in [0.29, 0.717) is 5.41 Å². The zero-order valence-electron chi connectivity index (χ0n) is 11.1. The number of amides is 1. The highest BCUT2D eigenvalue weighted by Crippen LogP contribution is 2.44. The van der Waals surface area contributed by atoms with Crippen LogP contribution in [0.4, 0.5) is 4.79 Å². The third-order valence-electron chi connectivity index (χ3n) is 3.66. The predicted molar refractivity (Wildman–Crippen MR) is 71.4 cm³/mol. The number of thioether (sulfide) groups is 1. The van der Waals surface area contributed by atoms with Gasteiger partial charge in [-0.25, -0.2) is 4.79 Å². The van der Waals surface area contributed by atoms with E-state index in [1.165, 1.54) is 17.9 Å². The first-order chi connectivity index (χ1) is 7.90. The molecule has 0 atom stereocenters. The minimum absolute atomic E-state index is 0.141. The zero-order chi connectivity index (χ0) is 12.5. The quantitative estimate of drug-likeness (QED) is 0.667. The molecule has 1 spiro atoms. The van der Waals surface area contributed by atoms with Crippen molar-refractivity contribution in [2.75, 3.05) is 24.6 Å². The molecule has 98 valence electrons. The maximum atomic E-state index is 11.9. The van der Waals surface area contributed by atoms with Gasteiger partial charge in [0, 0.05) is 13.1 Å². The summed E-state index contributed by atoms with van der Waals surface area (Å²) in [6, 6.07) is 0. The highest BCUT2D eigenvalue weighted by molar-refractivity contribution is 7.99. The molecule has 2 saturated heterocycles. The molecular formula is C13H23NO2S. The molecule has 0 N–H and O–H groups in total. The van der Waals surface area contributed by atoms with Gasteiger partial charge in [-0.15, -0.1) is 0 Å². The molecule has 0 aromatic rings. The minimum Gasteiger partial charge on any atom is -0.444 e. The lowest BCUT2D eigenvalue weighted by Crippen LogP contribution is -2.45. The summed E-state index contributed by atoms with van der Waals surface area (Å²) >= 11 is 2.06. The molecule has 0 aliphatic carbocycles. The van der Waals surface area contributed by atoms with E-state index in [4.69, 9.17) is 4.74 Å². The molecule has 0 aromatic heterocycles. The van der Waals surface area contributed by atoms with Crippen LogP contribution in [0.15, 0.2) is 0 Å². The smallest absolute Gasteiger partial charge is 0.410 e. The second-order valence-electron chi connectivity index (χ2n) is 6.27. The van der Waals surface area contributed by atoms with Crippen molar-refractivity contribution < 1.29 is 9.53 Å². The van der Waals surface area contributed by atoms with E-state index in [9.17, 15) is 4.79 Å². The molecular weight excluding hydrogens is 234 g/mol. The van der Waals surface area contributed by atoms with Gasteiger partial charge in [0.15, 0.2) is 0 Å². The number of hydrogen-bond donors (Lipinski definition) is 0. The lowest BCUT2D eigenvalue weighted by Gasteiger charge is -2.39. The number of rotatable bonds is 0. The van der Waals surface area contributed by atoms with Crippen LogP contribution in [0.3, 0.4) is 0 Å². The standard InChI is InChI=1S/C13H23NO2S/c1-12(2,3)16-11(15)14-7-4-13(5-8-14)6-9-17-10-13/h4-10H2,1-3H3. The Hall–Kier alpha value is -0.380. The Balaban J connectivity index is 1.84. The van der Waals surface area contributed by atoms with Crippen molar-refractivity contribution in [3.63, 3.8) is 0 Å². The van der Waals surface area contributed by atoms with Crippen molar-refractivity contribution in [1.82, 2.24) is 4.90 Å². The fraction of sp³-hybridized carbons (Fsp3) is 0.923. The summed E-state index contributed by atoms with van der Waals surface area (Å²) in [6.07, 6.45) is 3.50. The van der Waals surface area contributed by atoms with Crippen molar-refractivity contribution in [2.45, 2.75) is 45.6 Å². The summed E-state index contributed by atoms with van der Waals surface area (Å²) in [5.41, 5.74) is 0.151. The lowest BCUT2D eigenvalue weighted by atomic mass is 9.78. The number of carbonyl (C=O) groups excluding carboxylic acids is 1. The largest absolute Gasteiger partial charge is 0.444 e. The van der Waals surface area contributed by atoms with Gasteiger partial charge < -0.3 is 9.64 Å². The first-order valence-corrected chi connectivity index (χ1v) is 7.61. The first-order valence-electron chi connectivity index (χ1n) is 6.46. The van der Waals surface area contributed by atoms with Crippen LogP contribution in [0, 0.1) is 5.41 Å². The van der Waals surface area contributed by atoms with Gasteiger partial charge in [-0.2, -0.15) is 11.8 Å². The van der Waals surface area contributed by atoms with E-state index >= 15 is 0 Å². The topological polar surface area (TPSA) is 29.5 Å². The van der Waals surface area contributed by atoms with E-state index in [-0.39, 0.29) is 11.7 Å². The molecule has 2 heterocycles. The van der Waals surface area contributed by atoms with Gasteiger partial charge >= 0.3 is 6.09 Å². The normalized spacial score (nSPS) is 24.1. The van der Waals surface area contributed by atoms with E-state index in [0.717, 1.165) is 25.9 Å². The Bertz CT molecular complexity index is 282. The molecule has 2 fully saturated rings. The summed E-state index contributed by atoms with van der Waals surface area (Å²) in [7, 11) is 0. The molecule has 0 saturated carbocycles. The van der Waals surface area contributed by atoms with Crippen LogP contribution in [0.25, 0.3) is 0 Å². The maximum Gasteiger partial charge on any atom is 0.410 e. The predicted octanol–water partition coefficient (Wildman–Crippen LogP) is 3.14. The second-order valence-corrected chi connectivity index (χ2v) is 7.38. The Morgan fingerprint density at radius 3 is 2.35 bits per heavy atom. The highest BCUT2D eigenvalue weighted by atomic mass is 32.2. The van der Waals surface area contributed by atoms with E-state index in [1.807, 2.05) is 25.7 Å². The average Bonchev–Trinajstić information content (AvgIpc) is 2.65. The van der Waals surface area contributed by atoms with Crippen molar-refractivity contribution in [3.05, 3.63) is 0 Å². The van der Waals surface area contributed by atoms with Crippen LogP contribution >= 0.6 is 11.8 Å². The van der Waals surface area contributed by atoms with Crippen LogP contribution in [0.1, 0.15) is 40.0 Å². The number of hydrogen-bond acceptors (Lipinski definition) is 3. The number of carbonyl (C=O) groups is 1. The molecule has 0 bridgehead atoms. The van der Waals surface area contributed by atoms with Gasteiger partial charge in [0.2, 0.25) is 0 Å². The van der Waals surface area contributed by atoms with Crippen molar-refractivity contribution in [3.8, 4) is 0 Å². The molecule has 0 unspecified atom stereocenters. The Labute approximate surface area is 108 Å². The zero-order valence-corrected chi connectivity index (χ0v) is 11.9. The fourth-order valence-electron chi connectivity index (χ4n) is 2.53. The number of likely N-dealkylation sites (tertiary alicyclic amines) is 1. The number of ether oxygens (including phenoxy) is 1. The van der Waals surface area contributed by atoms with Gasteiger partial charge in [-0.1, -0.05) is 0 Å². The summed E-state index contributed by atoms with van der Waals surface area (Å²) in [4.78, 5) is 13.8. The van der Waals surface area contributed by atoms with Crippen LogP contribution in [0.2, 0.25) is 0 Å². The summed E-state index contributed by atoms with van der Waals surface area (Å²) in [5, 5.41) is 0. The van der Waals surface area contributed by atoms with Crippen LogP contribution in [0.5, 0.6) is 0 Å². The Morgan fingerprint density at radius 2 is 1.88 bits per heavy atom. The monoisotopic (exact) mass is 257 g/mol. The molecule has 0 aromatic carbocycles. The van der Waals surface area contributed by atoms with Crippen molar-refractivity contribution >= 4 is 17.9 Å². The summed E-state index contributed by atoms with van der Waals surface area (Å²) in [5.74, 6) is 2.58. The van der Waals surface area contributed by atoms with E-state index in [2.05, 4.69) is 11.8 Å². The second kappa shape index (κ2) is 4.71. The molecule has 1 amide bonds. The molecule has 2 aliphatic heterocycles. The third-order valence-corrected chi connectivity index (χ3v) is 4.97. The van der Waals surface area contributed by atoms with Crippen molar-refractivity contribution in [2.24, 2.45) is 5.41 Å². The average molecular weight is 257 g/mol. The molecule has 4 heteroatoms. The fourth-order valence-corrected chi connectivity index (χ4v) is 4.12. The van der Waals surface area contributed by atoms with Gasteiger partial charge in [-0.05, 0) is 57.0 Å². The van der Waals surface area contributed by atoms with E-state index in [1.54, 1.807) is 0 Å². The van der Waals surface area contributed by atoms with Gasteiger partial charge in [0.25, 0.3) is 0 Å². The number of nitrogens with zero attached hydrogens (tertiary/aromatic N) is 1. The van der Waals surface area contributed by atoms with Crippen LogP contribution < -0.4 is 0 Å². The summed E-state index contributed by atoms with van der Waals surface area (Å²) < 4.78 is 5.41. The molecule has 3 nitrogen and oxygen atoms in total. The van der Waals surface area contributed by atoms with E-state index < -0.39 is 0 Å². The summed E-state index contributed by atoms with van der Waals surface area (Å²) in [6.45, 7) is 7.50. The van der Waals surface area contributed by atoms with Gasteiger partial charge in [-0.3, -0.25) is 0 Å². The third kappa shape index (κ3) is 3.30. The van der Waals surface area contributed by atoms with Crippen LogP contribution in [-0.2, 0) is 4.74 Å². The number of piperidine rings is 1. The molecule has 2 aliphatic rings.